The average Bonchev–Trinajstić information content (AvgIpc) is 3.62. The molecule has 0 unspecified atom stereocenters. The van der Waals surface area contributed by atoms with Crippen LogP contribution in [0.4, 0.5) is 11.5 Å². The standard InChI is InChI=1S/C27H32N10O/c1-18-23(11-19(13-29-18)27(38)28-7-10-36-8-5-4-6-9-36)32-26-22-15-31-37-17-20(21-14-30-34(2)16-21)12-24(37)25(22)35(3)33-26/h11-17H,4-10H2,1-3H3,(H,28,38)(H,32,33). The molecule has 0 aromatic carbocycles. The summed E-state index contributed by atoms with van der Waals surface area (Å²) in [5.41, 5.74) is 6.00. The Balaban J connectivity index is 1.24. The van der Waals surface area contributed by atoms with Crippen LogP contribution in [0, 0.1) is 6.92 Å². The van der Waals surface area contributed by atoms with E-state index in [1.54, 1.807) is 10.9 Å². The maximum Gasteiger partial charge on any atom is 0.252 e. The molecule has 11 heteroatoms. The van der Waals surface area contributed by atoms with E-state index in [0.717, 1.165) is 58.6 Å². The fraction of sp³-hybridized carbons (Fsp3) is 0.370. The third-order valence-electron chi connectivity index (χ3n) is 7.24. The molecule has 11 nitrogen and oxygen atoms in total. The summed E-state index contributed by atoms with van der Waals surface area (Å²) in [6.07, 6.45) is 13.0. The maximum absolute atomic E-state index is 12.9. The Morgan fingerprint density at radius 2 is 1.84 bits per heavy atom. The molecule has 6 heterocycles. The van der Waals surface area contributed by atoms with Crippen molar-refractivity contribution in [1.82, 2.24) is 44.4 Å². The van der Waals surface area contributed by atoms with Gasteiger partial charge in [-0.05, 0) is 45.0 Å². The predicted octanol–water partition coefficient (Wildman–Crippen LogP) is 3.28. The number of amides is 1. The molecule has 1 saturated heterocycles. The molecular weight excluding hydrogens is 480 g/mol. The fourth-order valence-electron chi connectivity index (χ4n) is 5.16. The van der Waals surface area contributed by atoms with E-state index in [4.69, 9.17) is 5.10 Å². The SMILES string of the molecule is Cc1ncc(C(=O)NCCN2CCCCC2)cc1Nc1nn(C)c2c1cnn1cc(-c3cnn(C)c3)cc21. The van der Waals surface area contributed by atoms with E-state index in [9.17, 15) is 4.79 Å². The normalized spacial score (nSPS) is 14.4. The molecule has 5 aromatic heterocycles. The monoisotopic (exact) mass is 512 g/mol. The highest BCUT2D eigenvalue weighted by Crippen LogP contribution is 2.31. The Kier molecular flexibility index (Phi) is 6.28. The Morgan fingerprint density at radius 3 is 2.63 bits per heavy atom. The number of hydrogen-bond acceptors (Lipinski definition) is 7. The lowest BCUT2D eigenvalue weighted by atomic mass is 10.1. The number of aromatic nitrogens is 7. The minimum Gasteiger partial charge on any atom is -0.351 e. The van der Waals surface area contributed by atoms with Crippen LogP contribution in [-0.4, -0.2) is 71.1 Å². The lowest BCUT2D eigenvalue weighted by Gasteiger charge is -2.26. The minimum atomic E-state index is -0.122. The largest absolute Gasteiger partial charge is 0.351 e. The molecule has 6 rings (SSSR count). The first kappa shape index (κ1) is 24.1. The number of nitrogens with zero attached hydrogens (tertiary/aromatic N) is 8. The van der Waals surface area contributed by atoms with E-state index < -0.39 is 0 Å². The third-order valence-corrected chi connectivity index (χ3v) is 7.24. The molecule has 0 spiro atoms. The molecule has 0 saturated carbocycles. The summed E-state index contributed by atoms with van der Waals surface area (Å²) in [5, 5.41) is 21.0. The molecule has 1 amide bonds. The van der Waals surface area contributed by atoms with Crippen LogP contribution >= 0.6 is 0 Å². The van der Waals surface area contributed by atoms with Crippen molar-refractivity contribution in [1.29, 1.82) is 0 Å². The van der Waals surface area contributed by atoms with Gasteiger partial charge in [0.05, 0.1) is 45.8 Å². The van der Waals surface area contributed by atoms with Crippen LogP contribution in [0.2, 0.25) is 0 Å². The first-order valence-corrected chi connectivity index (χ1v) is 13.0. The second kappa shape index (κ2) is 9.90. The molecule has 2 N–H and O–H groups in total. The highest BCUT2D eigenvalue weighted by atomic mass is 16.1. The summed E-state index contributed by atoms with van der Waals surface area (Å²) in [6.45, 7) is 5.64. The van der Waals surface area contributed by atoms with Gasteiger partial charge in [-0.25, -0.2) is 4.52 Å². The van der Waals surface area contributed by atoms with Gasteiger partial charge < -0.3 is 15.5 Å². The molecule has 0 atom stereocenters. The van der Waals surface area contributed by atoms with Crippen molar-refractivity contribution in [3.63, 3.8) is 0 Å². The predicted molar refractivity (Wildman–Crippen MR) is 147 cm³/mol. The van der Waals surface area contributed by atoms with E-state index in [1.807, 2.05) is 61.1 Å². The topological polar surface area (TPSA) is 110 Å². The van der Waals surface area contributed by atoms with Gasteiger partial charge in [0.1, 0.15) is 0 Å². The molecule has 1 aliphatic rings. The van der Waals surface area contributed by atoms with Gasteiger partial charge in [0, 0.05) is 56.9 Å². The fourth-order valence-corrected chi connectivity index (χ4v) is 5.16. The van der Waals surface area contributed by atoms with Crippen LogP contribution in [0.15, 0.2) is 43.1 Å². The Labute approximate surface area is 220 Å². The quantitative estimate of drug-likeness (QED) is 0.344. The lowest BCUT2D eigenvalue weighted by molar-refractivity contribution is 0.0946. The summed E-state index contributed by atoms with van der Waals surface area (Å²) < 4.78 is 5.49. The number of likely N-dealkylation sites (tertiary alicyclic amines) is 1. The van der Waals surface area contributed by atoms with E-state index in [0.29, 0.717) is 17.9 Å². The van der Waals surface area contributed by atoms with Crippen LogP contribution in [0.25, 0.3) is 27.5 Å². The molecule has 0 radical (unpaired) electrons. The number of fused-ring (bicyclic) bond motifs is 3. The zero-order valence-electron chi connectivity index (χ0n) is 22.0. The molecular formula is C27H32N10O. The van der Waals surface area contributed by atoms with Gasteiger partial charge >= 0.3 is 0 Å². The molecule has 1 aliphatic heterocycles. The van der Waals surface area contributed by atoms with Crippen molar-refractivity contribution in [3.05, 3.63) is 54.4 Å². The second-order valence-electron chi connectivity index (χ2n) is 9.98. The van der Waals surface area contributed by atoms with Gasteiger partial charge in [-0.1, -0.05) is 6.42 Å². The average molecular weight is 513 g/mol. The van der Waals surface area contributed by atoms with Crippen molar-refractivity contribution >= 4 is 33.8 Å². The van der Waals surface area contributed by atoms with Crippen molar-refractivity contribution in [2.75, 3.05) is 31.5 Å². The first-order chi connectivity index (χ1) is 18.5. The Hall–Kier alpha value is -4.25. The number of anilines is 2. The third kappa shape index (κ3) is 4.60. The maximum atomic E-state index is 12.9. The Morgan fingerprint density at radius 1 is 1.00 bits per heavy atom. The van der Waals surface area contributed by atoms with Crippen LogP contribution in [0.5, 0.6) is 0 Å². The molecule has 0 bridgehead atoms. The highest BCUT2D eigenvalue weighted by Gasteiger charge is 2.17. The first-order valence-electron chi connectivity index (χ1n) is 13.0. The van der Waals surface area contributed by atoms with Crippen LogP contribution in [0.3, 0.4) is 0 Å². The summed E-state index contributed by atoms with van der Waals surface area (Å²) in [6, 6.07) is 3.93. The number of hydrogen-bond donors (Lipinski definition) is 2. The van der Waals surface area contributed by atoms with Gasteiger partial charge in [0.2, 0.25) is 0 Å². The van der Waals surface area contributed by atoms with Crippen molar-refractivity contribution < 1.29 is 4.79 Å². The second-order valence-corrected chi connectivity index (χ2v) is 9.98. The number of rotatable bonds is 7. The molecule has 5 aromatic rings. The zero-order valence-corrected chi connectivity index (χ0v) is 22.0. The van der Waals surface area contributed by atoms with E-state index in [2.05, 4.69) is 36.8 Å². The van der Waals surface area contributed by atoms with E-state index in [-0.39, 0.29) is 5.91 Å². The minimum absolute atomic E-state index is 0.122. The highest BCUT2D eigenvalue weighted by molar-refractivity contribution is 6.01. The van der Waals surface area contributed by atoms with E-state index >= 15 is 0 Å². The molecule has 196 valence electrons. The van der Waals surface area contributed by atoms with Gasteiger partial charge in [-0.2, -0.15) is 15.3 Å². The van der Waals surface area contributed by atoms with Gasteiger partial charge in [0.15, 0.2) is 5.82 Å². The lowest BCUT2D eigenvalue weighted by Crippen LogP contribution is -2.37. The number of pyridine rings is 1. The summed E-state index contributed by atoms with van der Waals surface area (Å²) in [5.74, 6) is 0.539. The number of carbonyl (C=O) groups is 1. The smallest absolute Gasteiger partial charge is 0.252 e. The van der Waals surface area contributed by atoms with Gasteiger partial charge in [-0.3, -0.25) is 19.1 Å². The number of piperidine rings is 1. The molecule has 38 heavy (non-hydrogen) atoms. The molecule has 0 aliphatic carbocycles. The number of nitrogens with one attached hydrogen (secondary N) is 2. The summed E-state index contributed by atoms with van der Waals surface area (Å²) >= 11 is 0. The molecule has 1 fully saturated rings. The summed E-state index contributed by atoms with van der Waals surface area (Å²) in [7, 11) is 3.82. The zero-order chi connectivity index (χ0) is 26.2. The van der Waals surface area contributed by atoms with Crippen LogP contribution in [-0.2, 0) is 14.1 Å². The van der Waals surface area contributed by atoms with Crippen molar-refractivity contribution in [2.24, 2.45) is 14.1 Å². The number of aryl methyl sites for hydroxylation is 3. The van der Waals surface area contributed by atoms with Gasteiger partial charge in [0.25, 0.3) is 5.91 Å². The summed E-state index contributed by atoms with van der Waals surface area (Å²) in [4.78, 5) is 19.7. The van der Waals surface area contributed by atoms with E-state index in [1.165, 1.54) is 19.3 Å². The van der Waals surface area contributed by atoms with Crippen LogP contribution < -0.4 is 10.6 Å². The van der Waals surface area contributed by atoms with Crippen molar-refractivity contribution in [3.8, 4) is 11.1 Å². The van der Waals surface area contributed by atoms with Crippen LogP contribution in [0.1, 0.15) is 35.3 Å². The van der Waals surface area contributed by atoms with Crippen molar-refractivity contribution in [2.45, 2.75) is 26.2 Å². The Bertz CT molecular complexity index is 1620. The van der Waals surface area contributed by atoms with Gasteiger partial charge in [-0.15, -0.1) is 0 Å². The number of carbonyl (C=O) groups excluding carboxylic acids is 1.